The van der Waals surface area contributed by atoms with Gasteiger partial charge in [0, 0.05) is 31.0 Å². The number of hydrogen-bond acceptors (Lipinski definition) is 3. The van der Waals surface area contributed by atoms with Gasteiger partial charge in [0.05, 0.1) is 0 Å². The largest absolute Gasteiger partial charge is 0.332 e. The Morgan fingerprint density at radius 2 is 1.72 bits per heavy atom. The van der Waals surface area contributed by atoms with E-state index < -0.39 is 0 Å². The van der Waals surface area contributed by atoms with Gasteiger partial charge in [0.2, 0.25) is 5.78 Å². The lowest BCUT2D eigenvalue weighted by Crippen LogP contribution is -2.39. The number of hydrogen-bond donors (Lipinski definition) is 0. The van der Waals surface area contributed by atoms with Gasteiger partial charge < -0.3 is 4.57 Å². The summed E-state index contributed by atoms with van der Waals surface area (Å²) < 4.78 is 6.85. The van der Waals surface area contributed by atoms with Crippen molar-refractivity contribution in [3.8, 4) is 0 Å². The molecule has 3 aromatic heterocycles. The van der Waals surface area contributed by atoms with Crippen molar-refractivity contribution < 1.29 is 0 Å². The molecule has 29 heavy (non-hydrogen) atoms. The van der Waals surface area contributed by atoms with Crippen LogP contribution in [-0.4, -0.2) is 23.1 Å². The van der Waals surface area contributed by atoms with Crippen molar-refractivity contribution in [3.05, 3.63) is 68.1 Å². The van der Waals surface area contributed by atoms with E-state index in [2.05, 4.69) is 35.5 Å². The fraction of sp³-hybridized carbons (Fsp3) is 0.409. The fourth-order valence-corrected chi connectivity index (χ4v) is 4.18. The van der Waals surface area contributed by atoms with E-state index in [0.29, 0.717) is 23.5 Å². The van der Waals surface area contributed by atoms with Crippen LogP contribution in [0.2, 0.25) is 0 Å². The zero-order valence-corrected chi connectivity index (χ0v) is 17.6. The Labute approximate surface area is 168 Å². The quantitative estimate of drug-likeness (QED) is 0.524. The van der Waals surface area contributed by atoms with Gasteiger partial charge in [0.25, 0.3) is 5.56 Å². The molecule has 4 rings (SSSR count). The third kappa shape index (κ3) is 2.92. The third-order valence-electron chi connectivity index (χ3n) is 5.77. The monoisotopic (exact) mass is 393 g/mol. The summed E-state index contributed by atoms with van der Waals surface area (Å²) in [7, 11) is 1.69. The van der Waals surface area contributed by atoms with Crippen molar-refractivity contribution in [1.29, 1.82) is 0 Å². The first-order chi connectivity index (χ1) is 13.8. The minimum absolute atomic E-state index is 0.202. The molecule has 0 bridgehead atoms. The molecule has 0 amide bonds. The first-order valence-corrected chi connectivity index (χ1v) is 10.1. The first-order valence-electron chi connectivity index (χ1n) is 10.1. The number of rotatable bonds is 5. The lowest BCUT2D eigenvalue weighted by atomic mass is 10.1. The van der Waals surface area contributed by atoms with Crippen LogP contribution in [0.5, 0.6) is 0 Å². The van der Waals surface area contributed by atoms with Crippen LogP contribution in [-0.2, 0) is 20.0 Å². The minimum Gasteiger partial charge on any atom is -0.311 e. The second-order valence-electron chi connectivity index (χ2n) is 7.94. The van der Waals surface area contributed by atoms with Crippen molar-refractivity contribution in [3.63, 3.8) is 0 Å². The van der Waals surface area contributed by atoms with Crippen molar-refractivity contribution in [1.82, 2.24) is 23.1 Å². The summed E-state index contributed by atoms with van der Waals surface area (Å²) in [6.45, 7) is 8.59. The van der Waals surface area contributed by atoms with Gasteiger partial charge in [0.1, 0.15) is 0 Å². The van der Waals surface area contributed by atoms with E-state index in [4.69, 9.17) is 0 Å². The number of nitrogens with zero attached hydrogens (tertiary/aromatic N) is 5. The van der Waals surface area contributed by atoms with E-state index in [1.54, 1.807) is 7.05 Å². The van der Waals surface area contributed by atoms with Crippen LogP contribution in [0.15, 0.2) is 39.9 Å². The summed E-state index contributed by atoms with van der Waals surface area (Å²) in [5.74, 6) is 0.708. The standard InChI is InChI=1S/C22H27N5O2/c1-14(2)26-15(3)16(4)27-18-19(23-21(26)27)24(5)22(29)25(20(18)28)13-9-12-17-10-7-6-8-11-17/h6-8,10-11,14H,9,12-13H2,1-5H3. The highest BCUT2D eigenvalue weighted by Gasteiger charge is 2.23. The zero-order valence-electron chi connectivity index (χ0n) is 17.6. The molecule has 0 saturated heterocycles. The number of fused-ring (bicyclic) bond motifs is 3. The molecule has 7 nitrogen and oxygen atoms in total. The molecule has 0 aliphatic carbocycles. The van der Waals surface area contributed by atoms with Crippen molar-refractivity contribution in [2.75, 3.05) is 0 Å². The third-order valence-corrected chi connectivity index (χ3v) is 5.77. The molecule has 0 aliphatic heterocycles. The van der Waals surface area contributed by atoms with E-state index in [1.807, 2.05) is 36.4 Å². The summed E-state index contributed by atoms with van der Waals surface area (Å²) >= 11 is 0. The van der Waals surface area contributed by atoms with Crippen molar-refractivity contribution in [2.45, 2.75) is 53.1 Å². The van der Waals surface area contributed by atoms with Gasteiger partial charge in [-0.2, -0.15) is 4.98 Å². The number of benzene rings is 1. The molecule has 0 N–H and O–H groups in total. The maximum atomic E-state index is 13.3. The van der Waals surface area contributed by atoms with Gasteiger partial charge in [0.15, 0.2) is 11.2 Å². The molecule has 4 aromatic rings. The average molecular weight is 393 g/mol. The van der Waals surface area contributed by atoms with Crippen LogP contribution in [0.1, 0.15) is 43.3 Å². The van der Waals surface area contributed by atoms with E-state index in [1.165, 1.54) is 14.7 Å². The average Bonchev–Trinajstić information content (AvgIpc) is 3.19. The van der Waals surface area contributed by atoms with E-state index in [-0.39, 0.29) is 17.3 Å². The predicted molar refractivity (Wildman–Crippen MR) is 115 cm³/mol. The molecule has 3 heterocycles. The van der Waals surface area contributed by atoms with Gasteiger partial charge in [-0.15, -0.1) is 0 Å². The lowest BCUT2D eigenvalue weighted by molar-refractivity contribution is 0.572. The molecule has 0 fully saturated rings. The van der Waals surface area contributed by atoms with Crippen LogP contribution >= 0.6 is 0 Å². The molecule has 7 heteroatoms. The molecular weight excluding hydrogens is 366 g/mol. The van der Waals surface area contributed by atoms with Gasteiger partial charge >= 0.3 is 5.69 Å². The van der Waals surface area contributed by atoms with Gasteiger partial charge in [-0.3, -0.25) is 18.3 Å². The van der Waals surface area contributed by atoms with Gasteiger partial charge in [-0.05, 0) is 46.1 Å². The Morgan fingerprint density at radius 1 is 1.03 bits per heavy atom. The summed E-state index contributed by atoms with van der Waals surface area (Å²) in [4.78, 5) is 30.9. The van der Waals surface area contributed by atoms with Crippen molar-refractivity contribution in [2.24, 2.45) is 7.05 Å². The van der Waals surface area contributed by atoms with Crippen LogP contribution < -0.4 is 11.2 Å². The SMILES string of the molecule is Cc1c(C)n2c3c(=O)n(CCCc4ccccc4)c(=O)n(C)c3nc2n1C(C)C. The summed E-state index contributed by atoms with van der Waals surface area (Å²) in [6, 6.07) is 10.3. The highest BCUT2D eigenvalue weighted by molar-refractivity contribution is 5.76. The second-order valence-corrected chi connectivity index (χ2v) is 7.94. The fourth-order valence-electron chi connectivity index (χ4n) is 4.18. The van der Waals surface area contributed by atoms with Crippen LogP contribution in [0.25, 0.3) is 16.9 Å². The Hall–Kier alpha value is -3.09. The van der Waals surface area contributed by atoms with Crippen LogP contribution in [0.3, 0.4) is 0 Å². The molecule has 152 valence electrons. The molecule has 0 unspecified atom stereocenters. The minimum atomic E-state index is -0.318. The maximum Gasteiger partial charge on any atom is 0.332 e. The van der Waals surface area contributed by atoms with Gasteiger partial charge in [-0.25, -0.2) is 4.79 Å². The number of aromatic nitrogens is 5. The van der Waals surface area contributed by atoms with Gasteiger partial charge in [-0.1, -0.05) is 30.3 Å². The molecular formula is C22H27N5O2. The second kappa shape index (κ2) is 7.06. The number of aryl methyl sites for hydroxylation is 3. The molecule has 0 saturated carbocycles. The number of imidazole rings is 2. The van der Waals surface area contributed by atoms with E-state index >= 15 is 0 Å². The first kappa shape index (κ1) is 19.2. The summed E-state index contributed by atoms with van der Waals surface area (Å²) in [6.07, 6.45) is 1.54. The predicted octanol–water partition coefficient (Wildman–Crippen LogP) is 2.98. The highest BCUT2D eigenvalue weighted by Crippen LogP contribution is 2.23. The molecule has 0 atom stereocenters. The highest BCUT2D eigenvalue weighted by atomic mass is 16.2. The van der Waals surface area contributed by atoms with Crippen LogP contribution in [0.4, 0.5) is 0 Å². The topological polar surface area (TPSA) is 66.2 Å². The van der Waals surface area contributed by atoms with E-state index in [0.717, 1.165) is 24.2 Å². The Bertz CT molecular complexity index is 1320. The molecule has 0 radical (unpaired) electrons. The molecule has 0 spiro atoms. The Kier molecular flexibility index (Phi) is 4.68. The zero-order chi connectivity index (χ0) is 20.9. The summed E-state index contributed by atoms with van der Waals surface area (Å²) in [5, 5.41) is 0. The maximum absolute atomic E-state index is 13.3. The van der Waals surface area contributed by atoms with Crippen LogP contribution in [0, 0.1) is 13.8 Å². The molecule has 0 aliphatic rings. The Balaban J connectivity index is 1.86. The normalized spacial score (nSPS) is 11.9. The smallest absolute Gasteiger partial charge is 0.311 e. The molecule has 1 aromatic carbocycles. The Morgan fingerprint density at radius 3 is 2.38 bits per heavy atom. The summed E-state index contributed by atoms with van der Waals surface area (Å²) in [5.41, 5.74) is 3.57. The van der Waals surface area contributed by atoms with E-state index in [9.17, 15) is 9.59 Å². The lowest BCUT2D eigenvalue weighted by Gasteiger charge is -2.10. The van der Waals surface area contributed by atoms with Crippen molar-refractivity contribution >= 4 is 16.9 Å².